The van der Waals surface area contributed by atoms with Gasteiger partial charge in [-0.25, -0.2) is 0 Å². The number of benzene rings is 1. The summed E-state index contributed by atoms with van der Waals surface area (Å²) in [6.07, 6.45) is 6.17. The van der Waals surface area contributed by atoms with E-state index in [1.807, 2.05) is 12.1 Å². The molecule has 0 amide bonds. The van der Waals surface area contributed by atoms with Crippen molar-refractivity contribution in [2.75, 3.05) is 19.8 Å². The Morgan fingerprint density at radius 2 is 1.84 bits per heavy atom. The van der Waals surface area contributed by atoms with E-state index in [1.54, 1.807) is 0 Å². The molecule has 1 saturated heterocycles. The van der Waals surface area contributed by atoms with Crippen LogP contribution in [-0.4, -0.2) is 25.8 Å². The van der Waals surface area contributed by atoms with E-state index in [1.165, 1.54) is 18.4 Å². The van der Waals surface area contributed by atoms with Gasteiger partial charge in [0.2, 0.25) is 0 Å². The topological polar surface area (TPSA) is 21.3 Å². The minimum absolute atomic E-state index is 0.370. The predicted octanol–water partition coefficient (Wildman–Crippen LogP) is 3.43. The highest BCUT2D eigenvalue weighted by Crippen LogP contribution is 2.35. The van der Waals surface area contributed by atoms with Crippen LogP contribution in [0, 0.1) is 5.41 Å². The normalized spacial score (nSPS) is 22.4. The molecule has 2 fully saturated rings. The lowest BCUT2D eigenvalue weighted by atomic mass is 9.75. The van der Waals surface area contributed by atoms with Crippen molar-refractivity contribution in [1.82, 2.24) is 5.32 Å². The summed E-state index contributed by atoms with van der Waals surface area (Å²) >= 11 is 5.97. The molecule has 0 radical (unpaired) electrons. The van der Waals surface area contributed by atoms with Crippen LogP contribution in [-0.2, 0) is 11.2 Å². The lowest BCUT2D eigenvalue weighted by Crippen LogP contribution is -2.41. The van der Waals surface area contributed by atoms with Crippen molar-refractivity contribution in [3.8, 4) is 0 Å². The Balaban J connectivity index is 1.68. The first-order valence-electron chi connectivity index (χ1n) is 7.31. The highest BCUT2D eigenvalue weighted by atomic mass is 35.5. The Bertz CT molecular complexity index is 407. The molecule has 0 atom stereocenters. The molecule has 3 rings (SSSR count). The van der Waals surface area contributed by atoms with Crippen LogP contribution in [0.5, 0.6) is 0 Å². The zero-order valence-corrected chi connectivity index (χ0v) is 12.1. The molecule has 0 bridgehead atoms. The summed E-state index contributed by atoms with van der Waals surface area (Å²) in [7, 11) is 0. The van der Waals surface area contributed by atoms with E-state index >= 15 is 0 Å². The second-order valence-electron chi connectivity index (χ2n) is 6.07. The van der Waals surface area contributed by atoms with E-state index in [-0.39, 0.29) is 0 Å². The second-order valence-corrected chi connectivity index (χ2v) is 6.51. The van der Waals surface area contributed by atoms with Gasteiger partial charge in [0.05, 0.1) is 0 Å². The van der Waals surface area contributed by atoms with Crippen LogP contribution in [0.25, 0.3) is 0 Å². The molecule has 1 aliphatic heterocycles. The highest BCUT2D eigenvalue weighted by Gasteiger charge is 2.34. The van der Waals surface area contributed by atoms with Gasteiger partial charge in [0.1, 0.15) is 0 Å². The Labute approximate surface area is 120 Å². The minimum Gasteiger partial charge on any atom is -0.381 e. The molecule has 104 valence electrons. The Kier molecular flexibility index (Phi) is 4.11. The van der Waals surface area contributed by atoms with Crippen molar-refractivity contribution in [2.45, 2.75) is 38.1 Å². The van der Waals surface area contributed by atoms with Gasteiger partial charge in [-0.2, -0.15) is 0 Å². The van der Waals surface area contributed by atoms with E-state index in [9.17, 15) is 0 Å². The summed E-state index contributed by atoms with van der Waals surface area (Å²) in [4.78, 5) is 0. The fourth-order valence-corrected chi connectivity index (χ4v) is 3.03. The maximum absolute atomic E-state index is 5.97. The lowest BCUT2D eigenvalue weighted by molar-refractivity contribution is 0.0147. The van der Waals surface area contributed by atoms with Crippen LogP contribution >= 0.6 is 11.6 Å². The fraction of sp³-hybridized carbons (Fsp3) is 0.625. The van der Waals surface area contributed by atoms with Crippen molar-refractivity contribution < 1.29 is 4.74 Å². The molecular weight excluding hydrogens is 258 g/mol. The standard InChI is InChI=1S/C16H22ClNO/c17-14-3-1-13(2-4-14)11-16(7-9-19-10-8-16)12-18-15-5-6-15/h1-4,15,18H,5-12H2. The van der Waals surface area contributed by atoms with Crippen molar-refractivity contribution in [3.05, 3.63) is 34.9 Å². The van der Waals surface area contributed by atoms with Crippen LogP contribution < -0.4 is 5.32 Å². The van der Waals surface area contributed by atoms with E-state index in [0.29, 0.717) is 5.41 Å². The fourth-order valence-electron chi connectivity index (χ4n) is 2.90. The van der Waals surface area contributed by atoms with Gasteiger partial charge in [-0.1, -0.05) is 23.7 Å². The third kappa shape index (κ3) is 3.71. The number of halogens is 1. The van der Waals surface area contributed by atoms with E-state index in [2.05, 4.69) is 17.4 Å². The van der Waals surface area contributed by atoms with Gasteiger partial charge in [0.25, 0.3) is 0 Å². The first-order valence-corrected chi connectivity index (χ1v) is 7.69. The summed E-state index contributed by atoms with van der Waals surface area (Å²) in [5.41, 5.74) is 1.76. The Morgan fingerprint density at radius 1 is 1.16 bits per heavy atom. The first kappa shape index (κ1) is 13.4. The van der Waals surface area contributed by atoms with Gasteiger partial charge < -0.3 is 10.1 Å². The minimum atomic E-state index is 0.370. The molecular formula is C16H22ClNO. The summed E-state index contributed by atoms with van der Waals surface area (Å²) < 4.78 is 5.56. The smallest absolute Gasteiger partial charge is 0.0471 e. The first-order chi connectivity index (χ1) is 9.26. The number of hydrogen-bond donors (Lipinski definition) is 1. The molecule has 1 N–H and O–H groups in total. The second kappa shape index (κ2) is 5.82. The molecule has 1 saturated carbocycles. The van der Waals surface area contributed by atoms with Gasteiger partial charge in [-0.15, -0.1) is 0 Å². The van der Waals surface area contributed by atoms with Crippen LogP contribution in [0.15, 0.2) is 24.3 Å². The van der Waals surface area contributed by atoms with Crippen molar-refractivity contribution in [1.29, 1.82) is 0 Å². The van der Waals surface area contributed by atoms with E-state index in [0.717, 1.165) is 50.1 Å². The molecule has 2 nitrogen and oxygen atoms in total. The van der Waals surface area contributed by atoms with Gasteiger partial charge >= 0.3 is 0 Å². The monoisotopic (exact) mass is 279 g/mol. The molecule has 1 aromatic rings. The summed E-state index contributed by atoms with van der Waals surface area (Å²) in [6, 6.07) is 9.11. The van der Waals surface area contributed by atoms with Crippen molar-refractivity contribution >= 4 is 11.6 Å². The molecule has 0 aromatic heterocycles. The third-order valence-electron chi connectivity index (χ3n) is 4.39. The van der Waals surface area contributed by atoms with Crippen molar-refractivity contribution in [2.24, 2.45) is 5.41 Å². The van der Waals surface area contributed by atoms with Gasteiger partial charge in [-0.3, -0.25) is 0 Å². The summed E-state index contributed by atoms with van der Waals surface area (Å²) in [5.74, 6) is 0. The van der Waals surface area contributed by atoms with Crippen LogP contribution in [0.1, 0.15) is 31.2 Å². The number of hydrogen-bond acceptors (Lipinski definition) is 2. The number of ether oxygens (including phenoxy) is 1. The zero-order chi connectivity index (χ0) is 13.1. The average molecular weight is 280 g/mol. The van der Waals surface area contributed by atoms with Gasteiger partial charge in [0, 0.05) is 30.8 Å². The molecule has 1 heterocycles. The van der Waals surface area contributed by atoms with Gasteiger partial charge in [-0.05, 0) is 55.2 Å². The summed E-state index contributed by atoms with van der Waals surface area (Å²) in [5, 5.41) is 4.54. The average Bonchev–Trinajstić information content (AvgIpc) is 3.25. The Hall–Kier alpha value is -0.570. The highest BCUT2D eigenvalue weighted by molar-refractivity contribution is 6.30. The van der Waals surface area contributed by atoms with Crippen LogP contribution in [0.4, 0.5) is 0 Å². The number of nitrogens with one attached hydrogen (secondary N) is 1. The maximum Gasteiger partial charge on any atom is 0.0471 e. The van der Waals surface area contributed by atoms with E-state index < -0.39 is 0 Å². The molecule has 0 spiro atoms. The third-order valence-corrected chi connectivity index (χ3v) is 4.64. The van der Waals surface area contributed by atoms with Crippen molar-refractivity contribution in [3.63, 3.8) is 0 Å². The zero-order valence-electron chi connectivity index (χ0n) is 11.3. The molecule has 19 heavy (non-hydrogen) atoms. The Morgan fingerprint density at radius 3 is 2.47 bits per heavy atom. The van der Waals surface area contributed by atoms with Crippen LogP contribution in [0.3, 0.4) is 0 Å². The molecule has 1 aromatic carbocycles. The quantitative estimate of drug-likeness (QED) is 0.892. The lowest BCUT2D eigenvalue weighted by Gasteiger charge is -2.38. The molecule has 0 unspecified atom stereocenters. The SMILES string of the molecule is Clc1ccc(CC2(CNC3CC3)CCOCC2)cc1. The maximum atomic E-state index is 5.97. The largest absolute Gasteiger partial charge is 0.381 e. The molecule has 2 aliphatic rings. The molecule has 3 heteroatoms. The van der Waals surface area contributed by atoms with Crippen LogP contribution in [0.2, 0.25) is 5.02 Å². The summed E-state index contributed by atoms with van der Waals surface area (Å²) in [6.45, 7) is 2.93. The van der Waals surface area contributed by atoms with E-state index in [4.69, 9.17) is 16.3 Å². The molecule has 1 aliphatic carbocycles. The number of rotatable bonds is 5. The van der Waals surface area contributed by atoms with Gasteiger partial charge in [0.15, 0.2) is 0 Å². The predicted molar refractivity (Wildman–Crippen MR) is 78.7 cm³/mol.